The predicted octanol–water partition coefficient (Wildman–Crippen LogP) is 4.57. The van der Waals surface area contributed by atoms with Gasteiger partial charge in [-0.3, -0.25) is 5.73 Å². The van der Waals surface area contributed by atoms with Crippen molar-refractivity contribution >= 4 is 29.3 Å². The lowest BCUT2D eigenvalue weighted by Crippen LogP contribution is -2.39. The van der Waals surface area contributed by atoms with E-state index in [9.17, 15) is 0 Å². The molecule has 0 aliphatic carbocycles. The summed E-state index contributed by atoms with van der Waals surface area (Å²) in [7, 11) is 1.67. The number of rotatable bonds is 5. The van der Waals surface area contributed by atoms with Crippen LogP contribution in [0.4, 0.5) is 11.4 Å². The molecular formula is C22H21ClN4O. The topological polar surface area (TPSA) is 71.7 Å². The van der Waals surface area contributed by atoms with Crippen molar-refractivity contribution in [2.45, 2.75) is 12.2 Å². The average molecular weight is 393 g/mol. The standard InChI is InChI=1S/C22H21ClN4O/c1-28-19-4-2-3-15(11-19)13-25-18-9-10-21-20(12-18)22(24,27-14-26-21)16-5-7-17(23)8-6-16/h2-12,14,25H,13,24H2,1H3,(H,26,27). The molecule has 1 atom stereocenters. The van der Waals surface area contributed by atoms with Crippen molar-refractivity contribution in [3.8, 4) is 5.75 Å². The number of hydrogen-bond acceptors (Lipinski definition) is 5. The van der Waals surface area contributed by atoms with Crippen LogP contribution in [0.15, 0.2) is 71.7 Å². The quantitative estimate of drug-likeness (QED) is 0.594. The van der Waals surface area contributed by atoms with Crippen LogP contribution in [-0.4, -0.2) is 13.4 Å². The van der Waals surface area contributed by atoms with Crippen LogP contribution in [0.5, 0.6) is 5.75 Å². The van der Waals surface area contributed by atoms with E-state index in [2.05, 4.69) is 21.7 Å². The molecule has 1 heterocycles. The maximum Gasteiger partial charge on any atom is 0.163 e. The van der Waals surface area contributed by atoms with Gasteiger partial charge in [-0.25, -0.2) is 4.99 Å². The number of ether oxygens (including phenoxy) is 1. The smallest absolute Gasteiger partial charge is 0.163 e. The lowest BCUT2D eigenvalue weighted by Gasteiger charge is -2.32. The second-order valence-electron chi connectivity index (χ2n) is 6.64. The van der Waals surface area contributed by atoms with E-state index in [0.717, 1.165) is 33.8 Å². The molecule has 0 aromatic heterocycles. The van der Waals surface area contributed by atoms with Crippen LogP contribution in [0, 0.1) is 0 Å². The highest BCUT2D eigenvalue weighted by Gasteiger charge is 2.33. The number of fused-ring (bicyclic) bond motifs is 1. The van der Waals surface area contributed by atoms with E-state index in [1.54, 1.807) is 13.4 Å². The van der Waals surface area contributed by atoms with Crippen LogP contribution >= 0.6 is 11.6 Å². The Kier molecular flexibility index (Phi) is 4.94. The molecule has 3 aromatic rings. The summed E-state index contributed by atoms with van der Waals surface area (Å²) in [6, 6.07) is 21.5. The molecule has 4 N–H and O–H groups in total. The number of anilines is 2. The number of nitrogens with one attached hydrogen (secondary N) is 2. The van der Waals surface area contributed by atoms with Crippen molar-refractivity contribution in [2.75, 3.05) is 17.7 Å². The maximum absolute atomic E-state index is 6.73. The second-order valence-corrected chi connectivity index (χ2v) is 7.08. The summed E-state index contributed by atoms with van der Waals surface area (Å²) in [6.07, 6.45) is 1.64. The third-order valence-electron chi connectivity index (χ3n) is 4.83. The summed E-state index contributed by atoms with van der Waals surface area (Å²) in [4.78, 5) is 4.54. The molecule has 28 heavy (non-hydrogen) atoms. The molecule has 5 nitrogen and oxygen atoms in total. The summed E-state index contributed by atoms with van der Waals surface area (Å²) in [5.74, 6) is 0.840. The van der Waals surface area contributed by atoms with Crippen molar-refractivity contribution in [3.05, 3.63) is 88.4 Å². The minimum Gasteiger partial charge on any atom is -0.497 e. The Hall–Kier alpha value is -3.02. The molecule has 1 aliphatic rings. The van der Waals surface area contributed by atoms with E-state index in [-0.39, 0.29) is 0 Å². The highest BCUT2D eigenvalue weighted by molar-refractivity contribution is 6.30. The molecule has 1 unspecified atom stereocenters. The van der Waals surface area contributed by atoms with Crippen molar-refractivity contribution < 1.29 is 4.74 Å². The summed E-state index contributed by atoms with van der Waals surface area (Å²) in [5, 5.41) is 7.29. The van der Waals surface area contributed by atoms with Crippen LogP contribution in [0.2, 0.25) is 5.02 Å². The highest BCUT2D eigenvalue weighted by atomic mass is 35.5. The van der Waals surface area contributed by atoms with E-state index in [1.807, 2.05) is 60.7 Å². The molecular weight excluding hydrogens is 372 g/mol. The number of nitrogens with zero attached hydrogens (tertiary/aromatic N) is 1. The number of methoxy groups -OCH3 is 1. The average Bonchev–Trinajstić information content (AvgIpc) is 2.73. The van der Waals surface area contributed by atoms with Crippen molar-refractivity contribution in [1.82, 2.24) is 0 Å². The first kappa shape index (κ1) is 18.3. The van der Waals surface area contributed by atoms with Gasteiger partial charge in [0.1, 0.15) is 5.75 Å². The summed E-state index contributed by atoms with van der Waals surface area (Å²) < 4.78 is 5.29. The van der Waals surface area contributed by atoms with Gasteiger partial charge in [-0.2, -0.15) is 0 Å². The van der Waals surface area contributed by atoms with Crippen LogP contribution in [0.3, 0.4) is 0 Å². The van der Waals surface area contributed by atoms with Crippen molar-refractivity contribution in [2.24, 2.45) is 10.7 Å². The SMILES string of the molecule is COc1cccc(CNc2ccc3c(c2)C(N)(c2ccc(Cl)cc2)N=CN3)c1. The third-order valence-corrected chi connectivity index (χ3v) is 5.09. The Morgan fingerprint density at radius 3 is 2.71 bits per heavy atom. The summed E-state index contributed by atoms with van der Waals surface area (Å²) in [6.45, 7) is 0.672. The Balaban J connectivity index is 1.62. The van der Waals surface area contributed by atoms with Gasteiger partial charge in [0.2, 0.25) is 0 Å². The highest BCUT2D eigenvalue weighted by Crippen LogP contribution is 2.37. The molecule has 0 bridgehead atoms. The van der Waals surface area contributed by atoms with E-state index in [1.165, 1.54) is 0 Å². The molecule has 6 heteroatoms. The number of nitrogens with two attached hydrogens (primary N) is 1. The molecule has 3 aromatic carbocycles. The number of halogens is 1. The summed E-state index contributed by atoms with van der Waals surface area (Å²) >= 11 is 6.03. The van der Waals surface area contributed by atoms with Crippen LogP contribution in [0.25, 0.3) is 0 Å². The Labute approximate surface area is 169 Å². The first-order valence-corrected chi connectivity index (χ1v) is 9.33. The van der Waals surface area contributed by atoms with Gasteiger partial charge in [-0.05, 0) is 53.6 Å². The van der Waals surface area contributed by atoms with Gasteiger partial charge in [0.25, 0.3) is 0 Å². The summed E-state index contributed by atoms with van der Waals surface area (Å²) in [5.41, 5.74) is 10.6. The fourth-order valence-corrected chi connectivity index (χ4v) is 3.42. The van der Waals surface area contributed by atoms with Crippen LogP contribution < -0.4 is 21.1 Å². The maximum atomic E-state index is 6.73. The van der Waals surface area contributed by atoms with Gasteiger partial charge < -0.3 is 15.4 Å². The van der Waals surface area contributed by atoms with Gasteiger partial charge in [-0.1, -0.05) is 35.9 Å². The van der Waals surface area contributed by atoms with E-state index < -0.39 is 5.66 Å². The molecule has 0 saturated carbocycles. The fraction of sp³-hybridized carbons (Fsp3) is 0.136. The monoisotopic (exact) mass is 392 g/mol. The first-order chi connectivity index (χ1) is 13.6. The molecule has 0 amide bonds. The van der Waals surface area contributed by atoms with E-state index >= 15 is 0 Å². The fourth-order valence-electron chi connectivity index (χ4n) is 3.29. The molecule has 0 fully saturated rings. The van der Waals surface area contributed by atoms with Crippen molar-refractivity contribution in [1.29, 1.82) is 0 Å². The number of aliphatic imine (C=N–C) groups is 1. The third kappa shape index (κ3) is 3.54. The molecule has 4 rings (SSSR count). The molecule has 1 aliphatic heterocycles. The largest absolute Gasteiger partial charge is 0.497 e. The molecule has 0 saturated heterocycles. The van der Waals surface area contributed by atoms with Gasteiger partial charge >= 0.3 is 0 Å². The van der Waals surface area contributed by atoms with Crippen LogP contribution in [0.1, 0.15) is 16.7 Å². The zero-order valence-corrected chi connectivity index (χ0v) is 16.2. The predicted molar refractivity (Wildman–Crippen MR) is 115 cm³/mol. The minimum absolute atomic E-state index is 0.666. The Bertz CT molecular complexity index is 1020. The molecule has 0 spiro atoms. The zero-order chi connectivity index (χ0) is 19.6. The number of benzene rings is 3. The molecule has 0 radical (unpaired) electrons. The second kappa shape index (κ2) is 7.54. The van der Waals surface area contributed by atoms with Gasteiger partial charge in [0.05, 0.1) is 13.4 Å². The first-order valence-electron chi connectivity index (χ1n) is 8.95. The Morgan fingerprint density at radius 1 is 1.11 bits per heavy atom. The Morgan fingerprint density at radius 2 is 1.93 bits per heavy atom. The van der Waals surface area contributed by atoms with Crippen molar-refractivity contribution in [3.63, 3.8) is 0 Å². The minimum atomic E-state index is -0.973. The lowest BCUT2D eigenvalue weighted by molar-refractivity contribution is 0.414. The van der Waals surface area contributed by atoms with Crippen LogP contribution in [-0.2, 0) is 12.2 Å². The van der Waals surface area contributed by atoms with Gasteiger partial charge in [-0.15, -0.1) is 0 Å². The number of hydrogen-bond donors (Lipinski definition) is 3. The lowest BCUT2D eigenvalue weighted by atomic mass is 9.90. The molecule has 142 valence electrons. The normalized spacial score (nSPS) is 17.5. The van der Waals surface area contributed by atoms with E-state index in [4.69, 9.17) is 22.1 Å². The van der Waals surface area contributed by atoms with Gasteiger partial charge in [0, 0.05) is 28.5 Å². The van der Waals surface area contributed by atoms with E-state index in [0.29, 0.717) is 11.6 Å². The zero-order valence-electron chi connectivity index (χ0n) is 15.4. The van der Waals surface area contributed by atoms with Gasteiger partial charge in [0.15, 0.2) is 5.66 Å².